The average molecular weight is 229 g/mol. The maximum absolute atomic E-state index is 4.38. The van der Waals surface area contributed by atoms with Gasteiger partial charge in [-0.25, -0.2) is 4.98 Å². The van der Waals surface area contributed by atoms with Crippen LogP contribution in [0.15, 0.2) is 30.5 Å². The van der Waals surface area contributed by atoms with Crippen LogP contribution in [0.4, 0.5) is 0 Å². The summed E-state index contributed by atoms with van der Waals surface area (Å²) in [4.78, 5) is 4.38. The van der Waals surface area contributed by atoms with Gasteiger partial charge in [0.15, 0.2) is 0 Å². The number of hydrogen-bond donors (Lipinski definition) is 1. The minimum absolute atomic E-state index is 0.854. The summed E-state index contributed by atoms with van der Waals surface area (Å²) < 4.78 is 2.26. The number of hydrogen-bond acceptors (Lipinski definition) is 2. The quantitative estimate of drug-likeness (QED) is 0.871. The number of nitrogens with zero attached hydrogens (tertiary/aromatic N) is 2. The zero-order valence-electron chi connectivity index (χ0n) is 10.7. The molecule has 0 radical (unpaired) electrons. The maximum atomic E-state index is 4.38. The minimum atomic E-state index is 0.854. The molecule has 0 aliphatic carbocycles. The summed E-state index contributed by atoms with van der Waals surface area (Å²) in [5.41, 5.74) is 3.91. The lowest BCUT2D eigenvalue weighted by atomic mass is 10.1. The summed E-state index contributed by atoms with van der Waals surface area (Å²) in [6.07, 6.45) is 1.95. The van der Waals surface area contributed by atoms with Gasteiger partial charge in [-0.3, -0.25) is 0 Å². The molecule has 0 aliphatic rings. The molecule has 90 valence electrons. The zero-order valence-corrected chi connectivity index (χ0v) is 10.7. The van der Waals surface area contributed by atoms with Gasteiger partial charge in [0.05, 0.1) is 5.69 Å². The first-order valence-electron chi connectivity index (χ1n) is 5.92. The average Bonchev–Trinajstić information content (AvgIpc) is 2.65. The van der Waals surface area contributed by atoms with Gasteiger partial charge in [0.25, 0.3) is 0 Å². The van der Waals surface area contributed by atoms with Gasteiger partial charge in [-0.05, 0) is 32.0 Å². The molecule has 0 saturated heterocycles. The third-order valence-corrected chi connectivity index (χ3v) is 3.09. The topological polar surface area (TPSA) is 29.9 Å². The lowest BCUT2D eigenvalue weighted by Gasteiger charge is -2.12. The summed E-state index contributed by atoms with van der Waals surface area (Å²) in [6, 6.07) is 8.50. The maximum Gasteiger partial charge on any atom is 0.106 e. The van der Waals surface area contributed by atoms with E-state index in [4.69, 9.17) is 0 Å². The van der Waals surface area contributed by atoms with Gasteiger partial charge < -0.3 is 9.88 Å². The fourth-order valence-corrected chi connectivity index (χ4v) is 2.01. The predicted octanol–water partition coefficient (Wildman–Crippen LogP) is 2.27. The number of nitrogens with one attached hydrogen (secondary N) is 1. The Morgan fingerprint density at radius 3 is 2.71 bits per heavy atom. The SMILES string of the molecule is CNCc1cnc(C)n1Cc1ccccc1C. The van der Waals surface area contributed by atoms with E-state index >= 15 is 0 Å². The first-order chi connectivity index (χ1) is 8.22. The van der Waals surface area contributed by atoms with E-state index in [1.807, 2.05) is 13.2 Å². The van der Waals surface area contributed by atoms with Crippen molar-refractivity contribution in [2.45, 2.75) is 26.9 Å². The molecule has 17 heavy (non-hydrogen) atoms. The molecule has 3 heteroatoms. The van der Waals surface area contributed by atoms with Crippen molar-refractivity contribution in [1.29, 1.82) is 0 Å². The second kappa shape index (κ2) is 5.15. The van der Waals surface area contributed by atoms with Crippen LogP contribution in [-0.2, 0) is 13.1 Å². The summed E-state index contributed by atoms with van der Waals surface area (Å²) >= 11 is 0. The Labute approximate surface area is 103 Å². The number of aryl methyl sites for hydroxylation is 2. The lowest BCUT2D eigenvalue weighted by Crippen LogP contribution is -2.13. The largest absolute Gasteiger partial charge is 0.327 e. The van der Waals surface area contributed by atoms with Crippen LogP contribution in [0.2, 0.25) is 0 Å². The molecular formula is C14H19N3. The minimum Gasteiger partial charge on any atom is -0.327 e. The van der Waals surface area contributed by atoms with Crippen molar-refractivity contribution < 1.29 is 0 Å². The Hall–Kier alpha value is -1.61. The molecule has 1 heterocycles. The van der Waals surface area contributed by atoms with Gasteiger partial charge in [0, 0.05) is 19.3 Å². The molecule has 0 fully saturated rings. The van der Waals surface area contributed by atoms with Gasteiger partial charge in [0.2, 0.25) is 0 Å². The molecule has 0 unspecified atom stereocenters. The van der Waals surface area contributed by atoms with Crippen LogP contribution < -0.4 is 5.32 Å². The molecule has 2 aromatic rings. The highest BCUT2D eigenvalue weighted by Crippen LogP contribution is 2.13. The first-order valence-corrected chi connectivity index (χ1v) is 5.92. The van der Waals surface area contributed by atoms with Crippen LogP contribution >= 0.6 is 0 Å². The standard InChI is InChI=1S/C14H19N3/c1-11-6-4-5-7-13(11)10-17-12(2)16-9-14(17)8-15-3/h4-7,9,15H,8,10H2,1-3H3. The van der Waals surface area contributed by atoms with Crippen molar-refractivity contribution in [1.82, 2.24) is 14.9 Å². The van der Waals surface area contributed by atoms with Crippen molar-refractivity contribution in [3.8, 4) is 0 Å². The third-order valence-electron chi connectivity index (χ3n) is 3.09. The van der Waals surface area contributed by atoms with E-state index in [1.54, 1.807) is 0 Å². The van der Waals surface area contributed by atoms with Gasteiger partial charge in [-0.2, -0.15) is 0 Å². The van der Waals surface area contributed by atoms with E-state index < -0.39 is 0 Å². The van der Waals surface area contributed by atoms with Crippen molar-refractivity contribution in [3.05, 3.63) is 53.1 Å². The Kier molecular flexibility index (Phi) is 3.59. The fourth-order valence-electron chi connectivity index (χ4n) is 2.01. The van der Waals surface area contributed by atoms with Crippen LogP contribution in [0, 0.1) is 13.8 Å². The Balaban J connectivity index is 2.29. The van der Waals surface area contributed by atoms with Gasteiger partial charge in [-0.15, -0.1) is 0 Å². The summed E-state index contributed by atoms with van der Waals surface area (Å²) in [6.45, 7) is 5.96. The van der Waals surface area contributed by atoms with Gasteiger partial charge in [0.1, 0.15) is 5.82 Å². The van der Waals surface area contributed by atoms with Crippen molar-refractivity contribution >= 4 is 0 Å². The predicted molar refractivity (Wildman–Crippen MR) is 70.0 cm³/mol. The summed E-state index contributed by atoms with van der Waals surface area (Å²) in [5, 5.41) is 3.18. The van der Waals surface area contributed by atoms with Crippen LogP contribution in [0.1, 0.15) is 22.6 Å². The second-order valence-electron chi connectivity index (χ2n) is 4.34. The van der Waals surface area contributed by atoms with Gasteiger partial charge in [-0.1, -0.05) is 24.3 Å². The van der Waals surface area contributed by atoms with Gasteiger partial charge >= 0.3 is 0 Å². The van der Waals surface area contributed by atoms with Crippen LogP contribution in [-0.4, -0.2) is 16.6 Å². The molecule has 0 saturated carbocycles. The first kappa shape index (κ1) is 11.9. The number of rotatable bonds is 4. The van der Waals surface area contributed by atoms with Crippen LogP contribution in [0.3, 0.4) is 0 Å². The molecule has 1 N–H and O–H groups in total. The number of benzene rings is 1. The van der Waals surface area contributed by atoms with Crippen LogP contribution in [0.5, 0.6) is 0 Å². The summed E-state index contributed by atoms with van der Waals surface area (Å²) in [5.74, 6) is 1.07. The zero-order chi connectivity index (χ0) is 12.3. The molecule has 2 rings (SSSR count). The highest BCUT2D eigenvalue weighted by Gasteiger charge is 2.07. The van der Waals surface area contributed by atoms with Crippen molar-refractivity contribution in [2.24, 2.45) is 0 Å². The van der Waals surface area contributed by atoms with E-state index in [9.17, 15) is 0 Å². The molecule has 1 aromatic heterocycles. The smallest absolute Gasteiger partial charge is 0.106 e. The molecule has 0 amide bonds. The lowest BCUT2D eigenvalue weighted by molar-refractivity contribution is 0.674. The van der Waals surface area contributed by atoms with E-state index in [1.165, 1.54) is 16.8 Å². The molecule has 0 atom stereocenters. The van der Waals surface area contributed by atoms with E-state index in [2.05, 4.69) is 53.0 Å². The van der Waals surface area contributed by atoms with Crippen molar-refractivity contribution in [3.63, 3.8) is 0 Å². The Bertz CT molecular complexity index is 500. The fraction of sp³-hybridized carbons (Fsp3) is 0.357. The number of imidazole rings is 1. The highest BCUT2D eigenvalue weighted by atomic mass is 15.1. The Morgan fingerprint density at radius 1 is 1.24 bits per heavy atom. The Morgan fingerprint density at radius 2 is 2.00 bits per heavy atom. The molecular weight excluding hydrogens is 210 g/mol. The normalized spacial score (nSPS) is 10.8. The molecule has 3 nitrogen and oxygen atoms in total. The second-order valence-corrected chi connectivity index (χ2v) is 4.34. The molecule has 0 spiro atoms. The highest BCUT2D eigenvalue weighted by molar-refractivity contribution is 5.26. The van der Waals surface area contributed by atoms with Crippen molar-refractivity contribution in [2.75, 3.05) is 7.05 Å². The molecule has 0 bridgehead atoms. The summed E-state index contributed by atoms with van der Waals surface area (Å²) in [7, 11) is 1.96. The monoisotopic (exact) mass is 229 g/mol. The van der Waals surface area contributed by atoms with E-state index in [0.29, 0.717) is 0 Å². The molecule has 1 aromatic carbocycles. The van der Waals surface area contributed by atoms with E-state index in [-0.39, 0.29) is 0 Å². The van der Waals surface area contributed by atoms with E-state index in [0.717, 1.165) is 18.9 Å². The van der Waals surface area contributed by atoms with Crippen LogP contribution in [0.25, 0.3) is 0 Å². The third kappa shape index (κ3) is 2.56. The number of aromatic nitrogens is 2. The molecule has 0 aliphatic heterocycles.